The molecule has 1 atom stereocenters. The van der Waals surface area contributed by atoms with E-state index in [1.54, 1.807) is 55.6 Å². The number of carbonyl (C=O) groups excluding carboxylic acids is 1. The predicted molar refractivity (Wildman–Crippen MR) is 138 cm³/mol. The molecule has 2 N–H and O–H groups in total. The Morgan fingerprint density at radius 2 is 1.76 bits per heavy atom. The first kappa shape index (κ1) is 23.6. The molecule has 0 fully saturated rings. The minimum absolute atomic E-state index is 0.214. The van der Waals surface area contributed by atoms with Gasteiger partial charge in [-0.05, 0) is 48.4 Å². The summed E-state index contributed by atoms with van der Waals surface area (Å²) in [5.41, 5.74) is 1.41. The van der Waals surface area contributed by atoms with Gasteiger partial charge in [0.2, 0.25) is 0 Å². The van der Waals surface area contributed by atoms with E-state index in [2.05, 4.69) is 5.32 Å². The van der Waals surface area contributed by atoms with E-state index in [0.717, 1.165) is 5.56 Å². The Balaban J connectivity index is 1.62. The zero-order valence-electron chi connectivity index (χ0n) is 18.3. The fourth-order valence-corrected chi connectivity index (χ4v) is 4.20. The number of halogens is 2. The Bertz CT molecular complexity index is 1450. The second-order valence-electron chi connectivity index (χ2n) is 7.84. The summed E-state index contributed by atoms with van der Waals surface area (Å²) in [6, 6.07) is 21.6. The van der Waals surface area contributed by atoms with Gasteiger partial charge in [-0.2, -0.15) is 0 Å². The first-order chi connectivity index (χ1) is 16.4. The summed E-state index contributed by atoms with van der Waals surface area (Å²) in [5, 5.41) is 15.6. The van der Waals surface area contributed by atoms with Crippen LogP contribution < -0.4 is 10.9 Å². The molecule has 0 aliphatic heterocycles. The van der Waals surface area contributed by atoms with Gasteiger partial charge in [0.05, 0.1) is 22.3 Å². The molecule has 0 unspecified atom stereocenters. The Morgan fingerprint density at radius 1 is 1.06 bits per heavy atom. The first-order valence-corrected chi connectivity index (χ1v) is 11.4. The molecule has 5 nitrogen and oxygen atoms in total. The van der Waals surface area contributed by atoms with E-state index in [1.807, 2.05) is 30.3 Å². The number of para-hydroxylation sites is 1. The second kappa shape index (κ2) is 10.2. The van der Waals surface area contributed by atoms with Gasteiger partial charge in [-0.25, -0.2) is 0 Å². The zero-order chi connectivity index (χ0) is 24.2. The van der Waals surface area contributed by atoms with E-state index in [0.29, 0.717) is 33.1 Å². The van der Waals surface area contributed by atoms with Crippen molar-refractivity contribution in [2.45, 2.75) is 12.5 Å². The van der Waals surface area contributed by atoms with E-state index in [4.69, 9.17) is 23.2 Å². The van der Waals surface area contributed by atoms with E-state index >= 15 is 0 Å². The molecule has 0 saturated heterocycles. The van der Waals surface area contributed by atoms with E-state index in [9.17, 15) is 14.7 Å². The third-order valence-electron chi connectivity index (χ3n) is 5.62. The summed E-state index contributed by atoms with van der Waals surface area (Å²) >= 11 is 12.5. The largest absolute Gasteiger partial charge is 0.506 e. The maximum absolute atomic E-state index is 12.9. The molecular weight excluding hydrogens is 471 g/mol. The summed E-state index contributed by atoms with van der Waals surface area (Å²) in [6.07, 6.45) is 3.43. The van der Waals surface area contributed by atoms with Crippen molar-refractivity contribution in [2.75, 3.05) is 5.32 Å². The van der Waals surface area contributed by atoms with Crippen LogP contribution in [0.5, 0.6) is 5.75 Å². The molecule has 0 spiro atoms. The van der Waals surface area contributed by atoms with Gasteiger partial charge in [0.25, 0.3) is 5.56 Å². The lowest BCUT2D eigenvalue weighted by Crippen LogP contribution is -2.24. The summed E-state index contributed by atoms with van der Waals surface area (Å²) in [7, 11) is 1.58. The minimum atomic E-state index is -0.559. The Labute approximate surface area is 206 Å². The van der Waals surface area contributed by atoms with Crippen LogP contribution in [-0.4, -0.2) is 15.5 Å². The molecule has 0 aliphatic rings. The number of ketones is 1. The molecule has 0 amide bonds. The number of allylic oxidation sites excluding steroid dienone is 1. The van der Waals surface area contributed by atoms with E-state index < -0.39 is 11.3 Å². The number of benzene rings is 3. The molecule has 0 radical (unpaired) electrons. The quantitative estimate of drug-likeness (QED) is 0.227. The Morgan fingerprint density at radius 3 is 2.53 bits per heavy atom. The molecule has 1 aromatic heterocycles. The van der Waals surface area contributed by atoms with Crippen LogP contribution in [0.1, 0.15) is 28.4 Å². The number of hydrogen-bond donors (Lipinski definition) is 2. The summed E-state index contributed by atoms with van der Waals surface area (Å²) in [4.78, 5) is 25.7. The van der Waals surface area contributed by atoms with Crippen LogP contribution in [0.25, 0.3) is 10.9 Å². The third kappa shape index (κ3) is 4.86. The van der Waals surface area contributed by atoms with Crippen molar-refractivity contribution in [1.82, 2.24) is 4.57 Å². The van der Waals surface area contributed by atoms with Gasteiger partial charge >= 0.3 is 0 Å². The van der Waals surface area contributed by atoms with Gasteiger partial charge in [-0.1, -0.05) is 71.7 Å². The number of nitrogens with zero attached hydrogens (tertiary/aromatic N) is 1. The number of rotatable bonds is 7. The van der Waals surface area contributed by atoms with Gasteiger partial charge in [0.1, 0.15) is 11.3 Å². The van der Waals surface area contributed by atoms with Crippen LogP contribution in [0.3, 0.4) is 0 Å². The fraction of sp³-hybridized carbons (Fsp3) is 0.111. The van der Waals surface area contributed by atoms with Gasteiger partial charge in [-0.3, -0.25) is 9.59 Å². The summed E-state index contributed by atoms with van der Waals surface area (Å²) in [6.45, 7) is 0. The maximum atomic E-state index is 12.9. The number of aryl methyl sites for hydroxylation is 1. The average Bonchev–Trinajstić information content (AvgIpc) is 2.85. The first-order valence-electron chi connectivity index (χ1n) is 10.6. The number of aromatic nitrogens is 1. The topological polar surface area (TPSA) is 71.3 Å². The van der Waals surface area contributed by atoms with Gasteiger partial charge in [-0.15, -0.1) is 0 Å². The van der Waals surface area contributed by atoms with Gasteiger partial charge < -0.3 is 15.0 Å². The highest BCUT2D eigenvalue weighted by molar-refractivity contribution is 6.35. The lowest BCUT2D eigenvalue weighted by atomic mass is 10.0. The number of carbonyl (C=O) groups is 1. The summed E-state index contributed by atoms with van der Waals surface area (Å²) < 4.78 is 1.37. The average molecular weight is 493 g/mol. The van der Waals surface area contributed by atoms with Crippen molar-refractivity contribution < 1.29 is 9.90 Å². The lowest BCUT2D eigenvalue weighted by molar-refractivity contribution is 0.104. The third-order valence-corrected chi connectivity index (χ3v) is 6.19. The number of hydrogen-bond acceptors (Lipinski definition) is 4. The smallest absolute Gasteiger partial charge is 0.265 e. The standard InChI is InChI=1S/C27H22Cl2N2O3/c1-31-23-12-6-5-10-19(23)26(33)25(27(31)34)24(32)13-7-11-21(17-8-3-2-4-9-17)30-22-16-18(28)14-15-20(22)29/h2-10,12-16,21,30,33H,11H2,1H3/t21-/m1/s1. The van der Waals surface area contributed by atoms with Crippen molar-refractivity contribution in [3.63, 3.8) is 0 Å². The van der Waals surface area contributed by atoms with Crippen molar-refractivity contribution in [3.05, 3.63) is 116 Å². The monoisotopic (exact) mass is 492 g/mol. The van der Waals surface area contributed by atoms with Gasteiger partial charge in [0, 0.05) is 17.5 Å². The molecule has 172 valence electrons. The number of pyridine rings is 1. The molecule has 4 rings (SSSR count). The van der Waals surface area contributed by atoms with Gasteiger partial charge in [0.15, 0.2) is 5.78 Å². The highest BCUT2D eigenvalue weighted by atomic mass is 35.5. The summed E-state index contributed by atoms with van der Waals surface area (Å²) in [5.74, 6) is -0.867. The molecule has 1 heterocycles. The minimum Gasteiger partial charge on any atom is -0.506 e. The SMILES string of the molecule is Cn1c(=O)c(C(=O)C=CC[C@@H](Nc2cc(Cl)ccc2Cl)c2ccccc2)c(O)c2ccccc21. The van der Waals surface area contributed by atoms with E-state index in [-0.39, 0.29) is 17.4 Å². The fourth-order valence-electron chi connectivity index (χ4n) is 3.86. The van der Waals surface area contributed by atoms with Crippen LogP contribution in [0.15, 0.2) is 89.7 Å². The molecule has 34 heavy (non-hydrogen) atoms. The van der Waals surface area contributed by atoms with Crippen molar-refractivity contribution >= 4 is 45.6 Å². The number of aromatic hydroxyl groups is 1. The van der Waals surface area contributed by atoms with Crippen molar-refractivity contribution in [3.8, 4) is 5.75 Å². The van der Waals surface area contributed by atoms with Crippen LogP contribution in [0, 0.1) is 0 Å². The molecular formula is C27H22Cl2N2O3. The predicted octanol–water partition coefficient (Wildman–Crippen LogP) is 6.53. The van der Waals surface area contributed by atoms with Crippen LogP contribution in [-0.2, 0) is 7.05 Å². The number of anilines is 1. The van der Waals surface area contributed by atoms with Crippen molar-refractivity contribution in [1.29, 1.82) is 0 Å². The van der Waals surface area contributed by atoms with E-state index in [1.165, 1.54) is 10.6 Å². The maximum Gasteiger partial charge on any atom is 0.265 e. The lowest BCUT2D eigenvalue weighted by Gasteiger charge is -2.20. The Kier molecular flexibility index (Phi) is 7.06. The number of nitrogens with one attached hydrogen (secondary N) is 1. The van der Waals surface area contributed by atoms with Crippen LogP contribution in [0.2, 0.25) is 10.0 Å². The molecule has 3 aromatic carbocycles. The molecule has 0 bridgehead atoms. The zero-order valence-corrected chi connectivity index (χ0v) is 19.8. The Hall–Kier alpha value is -3.54. The highest BCUT2D eigenvalue weighted by Gasteiger charge is 2.19. The van der Waals surface area contributed by atoms with Crippen LogP contribution >= 0.6 is 23.2 Å². The molecule has 0 aliphatic carbocycles. The van der Waals surface area contributed by atoms with Crippen LogP contribution in [0.4, 0.5) is 5.69 Å². The van der Waals surface area contributed by atoms with Crippen molar-refractivity contribution in [2.24, 2.45) is 7.05 Å². The molecule has 0 saturated carbocycles. The second-order valence-corrected chi connectivity index (χ2v) is 8.68. The normalized spacial score (nSPS) is 12.2. The molecule has 4 aromatic rings. The number of fused-ring (bicyclic) bond motifs is 1. The highest BCUT2D eigenvalue weighted by Crippen LogP contribution is 2.31. The molecule has 7 heteroatoms.